The third-order valence-electron chi connectivity index (χ3n) is 6.35. The standard InChI is InChI=1S/C23H27N5O3.CHF3/c1-14-10-17-11-19(26-23(30)18-13-25-28-7-3-6-24-22(18)28)20(12-21(17)31-14)27-8-4-16(5-9-27)15(2)29;2-1(3)4/h3,6-7,11-16,29H,4-5,8-10H2,1-2H3,(H,26,30);1H. The molecular formula is C24H28F3N5O3. The van der Waals surface area contributed by atoms with E-state index in [0.29, 0.717) is 17.1 Å². The number of aliphatic hydroxyl groups excluding tert-OH is 1. The minimum Gasteiger partial charge on any atom is -0.490 e. The predicted molar refractivity (Wildman–Crippen MR) is 125 cm³/mol. The highest BCUT2D eigenvalue weighted by atomic mass is 19.4. The van der Waals surface area contributed by atoms with Gasteiger partial charge in [-0.1, -0.05) is 0 Å². The highest BCUT2D eigenvalue weighted by Gasteiger charge is 2.28. The Balaban J connectivity index is 0.000000672. The number of nitrogens with one attached hydrogen (secondary N) is 1. The molecule has 8 nitrogen and oxygen atoms in total. The Kier molecular flexibility index (Phi) is 7.44. The van der Waals surface area contributed by atoms with Gasteiger partial charge in [0.2, 0.25) is 0 Å². The highest BCUT2D eigenvalue weighted by molar-refractivity contribution is 6.09. The van der Waals surface area contributed by atoms with Gasteiger partial charge in [-0.15, -0.1) is 0 Å². The fourth-order valence-corrected chi connectivity index (χ4v) is 4.61. The molecule has 3 aromatic rings. The summed E-state index contributed by atoms with van der Waals surface area (Å²) < 4.78 is 36.6. The molecule has 35 heavy (non-hydrogen) atoms. The number of piperidine rings is 1. The molecule has 11 heteroatoms. The minimum atomic E-state index is -3.67. The molecule has 0 aliphatic carbocycles. The Morgan fingerprint density at radius 3 is 2.66 bits per heavy atom. The molecule has 2 N–H and O–H groups in total. The average molecular weight is 492 g/mol. The van der Waals surface area contributed by atoms with Crippen LogP contribution in [0.1, 0.15) is 42.6 Å². The normalized spacial score (nSPS) is 18.6. The van der Waals surface area contributed by atoms with Crippen molar-refractivity contribution in [2.24, 2.45) is 5.92 Å². The number of halogens is 3. The third kappa shape index (κ3) is 5.67. The van der Waals surface area contributed by atoms with Crippen molar-refractivity contribution >= 4 is 22.9 Å². The van der Waals surface area contributed by atoms with E-state index in [0.717, 1.165) is 55.0 Å². The largest absolute Gasteiger partial charge is 0.490 e. The van der Waals surface area contributed by atoms with Crippen LogP contribution in [0.3, 0.4) is 0 Å². The lowest BCUT2D eigenvalue weighted by atomic mass is 9.91. The van der Waals surface area contributed by atoms with Crippen molar-refractivity contribution in [1.29, 1.82) is 0 Å². The molecule has 2 aliphatic heterocycles. The van der Waals surface area contributed by atoms with Crippen LogP contribution in [0.5, 0.6) is 5.75 Å². The van der Waals surface area contributed by atoms with E-state index < -0.39 is 6.68 Å². The van der Waals surface area contributed by atoms with Crippen molar-refractivity contribution in [2.45, 2.75) is 52.0 Å². The van der Waals surface area contributed by atoms with Crippen LogP contribution in [-0.4, -0.2) is 57.6 Å². The number of alkyl halides is 3. The van der Waals surface area contributed by atoms with Crippen LogP contribution in [0.15, 0.2) is 36.8 Å². The van der Waals surface area contributed by atoms with Crippen LogP contribution in [0, 0.1) is 5.92 Å². The van der Waals surface area contributed by atoms with Gasteiger partial charge < -0.3 is 20.1 Å². The molecule has 0 radical (unpaired) electrons. The van der Waals surface area contributed by atoms with Gasteiger partial charge in [-0.25, -0.2) is 9.50 Å². The molecule has 5 rings (SSSR count). The second kappa shape index (κ2) is 10.5. The Bertz CT molecular complexity index is 1180. The smallest absolute Gasteiger partial charge is 0.379 e. The molecule has 0 saturated carbocycles. The number of ether oxygens (including phenoxy) is 1. The van der Waals surface area contributed by atoms with Crippen LogP contribution < -0.4 is 15.0 Å². The number of aromatic nitrogens is 3. The van der Waals surface area contributed by atoms with Crippen molar-refractivity contribution in [3.63, 3.8) is 0 Å². The summed E-state index contributed by atoms with van der Waals surface area (Å²) in [6.07, 6.45) is 7.44. The van der Waals surface area contributed by atoms with E-state index in [4.69, 9.17) is 4.74 Å². The third-order valence-corrected chi connectivity index (χ3v) is 6.35. The number of aliphatic hydroxyl groups is 1. The lowest BCUT2D eigenvalue weighted by molar-refractivity contribution is 0.00818. The topological polar surface area (TPSA) is 92.0 Å². The molecule has 0 bridgehead atoms. The van der Waals surface area contributed by atoms with Gasteiger partial charge in [-0.05, 0) is 44.7 Å². The van der Waals surface area contributed by atoms with Crippen molar-refractivity contribution in [3.8, 4) is 5.75 Å². The van der Waals surface area contributed by atoms with Gasteiger partial charge in [0.25, 0.3) is 5.91 Å². The van der Waals surface area contributed by atoms with Gasteiger partial charge in [0.05, 0.1) is 23.7 Å². The van der Waals surface area contributed by atoms with Gasteiger partial charge in [0.1, 0.15) is 17.4 Å². The quantitative estimate of drug-likeness (QED) is 0.572. The van der Waals surface area contributed by atoms with E-state index in [9.17, 15) is 23.1 Å². The summed E-state index contributed by atoms with van der Waals surface area (Å²) in [7, 11) is 0. The molecule has 2 aromatic heterocycles. The fraction of sp³-hybridized carbons (Fsp3) is 0.458. The lowest BCUT2D eigenvalue weighted by Crippen LogP contribution is -2.37. The summed E-state index contributed by atoms with van der Waals surface area (Å²) >= 11 is 0. The maximum atomic E-state index is 13.1. The number of anilines is 2. The van der Waals surface area contributed by atoms with E-state index in [2.05, 4.69) is 27.2 Å². The number of benzene rings is 1. The van der Waals surface area contributed by atoms with Crippen LogP contribution in [0.2, 0.25) is 0 Å². The van der Waals surface area contributed by atoms with E-state index >= 15 is 0 Å². The van der Waals surface area contributed by atoms with Gasteiger partial charge in [0.15, 0.2) is 5.65 Å². The number of carbonyl (C=O) groups excluding carboxylic acids is 1. The molecule has 2 atom stereocenters. The Morgan fingerprint density at radius 1 is 1.26 bits per heavy atom. The minimum absolute atomic E-state index is 0.124. The first-order valence-electron chi connectivity index (χ1n) is 11.5. The first-order valence-corrected chi connectivity index (χ1v) is 11.5. The number of rotatable bonds is 4. The Labute approximate surface area is 200 Å². The van der Waals surface area contributed by atoms with E-state index in [1.165, 1.54) is 0 Å². The van der Waals surface area contributed by atoms with E-state index in [-0.39, 0.29) is 18.1 Å². The Morgan fingerprint density at radius 2 is 1.97 bits per heavy atom. The molecule has 1 fully saturated rings. The molecule has 1 aromatic carbocycles. The van der Waals surface area contributed by atoms with Gasteiger partial charge in [-0.3, -0.25) is 4.79 Å². The van der Waals surface area contributed by atoms with Crippen LogP contribution in [0.25, 0.3) is 5.65 Å². The molecule has 1 saturated heterocycles. The molecule has 188 valence electrons. The van der Waals surface area contributed by atoms with Crippen molar-refractivity contribution in [1.82, 2.24) is 14.6 Å². The lowest BCUT2D eigenvalue weighted by Gasteiger charge is -2.36. The van der Waals surface area contributed by atoms with Gasteiger partial charge in [-0.2, -0.15) is 18.3 Å². The molecule has 2 unspecified atom stereocenters. The number of carbonyl (C=O) groups is 1. The average Bonchev–Trinajstić information content (AvgIpc) is 3.40. The van der Waals surface area contributed by atoms with Crippen molar-refractivity contribution in [3.05, 3.63) is 47.9 Å². The Hall–Kier alpha value is -3.34. The summed E-state index contributed by atoms with van der Waals surface area (Å²) in [5, 5.41) is 17.3. The maximum absolute atomic E-state index is 13.1. The molecule has 0 spiro atoms. The summed E-state index contributed by atoms with van der Waals surface area (Å²) in [6.45, 7) is 1.90. The second-order valence-corrected chi connectivity index (χ2v) is 8.82. The van der Waals surface area contributed by atoms with Gasteiger partial charge in [0, 0.05) is 43.5 Å². The number of nitrogens with zero attached hydrogens (tertiary/aromatic N) is 4. The summed E-state index contributed by atoms with van der Waals surface area (Å²) in [6, 6.07) is 5.86. The van der Waals surface area contributed by atoms with Crippen LogP contribution in [-0.2, 0) is 6.42 Å². The second-order valence-electron chi connectivity index (χ2n) is 8.82. The van der Waals surface area contributed by atoms with Crippen molar-refractivity contribution < 1.29 is 27.8 Å². The van der Waals surface area contributed by atoms with E-state index in [1.54, 1.807) is 29.2 Å². The maximum Gasteiger partial charge on any atom is 0.379 e. The predicted octanol–water partition coefficient (Wildman–Crippen LogP) is 4.08. The van der Waals surface area contributed by atoms with Crippen molar-refractivity contribution in [2.75, 3.05) is 23.3 Å². The zero-order valence-corrected chi connectivity index (χ0v) is 19.5. The monoisotopic (exact) mass is 491 g/mol. The first-order chi connectivity index (χ1) is 16.7. The van der Waals surface area contributed by atoms with Crippen LogP contribution >= 0.6 is 0 Å². The number of fused-ring (bicyclic) bond motifs is 2. The van der Waals surface area contributed by atoms with E-state index in [1.807, 2.05) is 19.1 Å². The molecule has 2 aliphatic rings. The molecular weight excluding hydrogens is 463 g/mol. The van der Waals surface area contributed by atoms with Gasteiger partial charge >= 0.3 is 6.68 Å². The zero-order valence-electron chi connectivity index (χ0n) is 19.5. The van der Waals surface area contributed by atoms with Crippen LogP contribution in [0.4, 0.5) is 24.5 Å². The summed E-state index contributed by atoms with van der Waals surface area (Å²) in [5.41, 5.74) is 3.78. The molecule has 1 amide bonds. The SMILES string of the molecule is CC1Cc2cc(NC(=O)c3cnn4cccnc34)c(N3CCC(C(C)O)CC3)cc2O1.FC(F)F. The number of hydrogen-bond acceptors (Lipinski definition) is 6. The summed E-state index contributed by atoms with van der Waals surface area (Å²) in [5.74, 6) is 0.960. The fourth-order valence-electron chi connectivity index (χ4n) is 4.61. The molecule has 4 heterocycles. The summed E-state index contributed by atoms with van der Waals surface area (Å²) in [4.78, 5) is 19.7. The highest BCUT2D eigenvalue weighted by Crippen LogP contribution is 2.40. The number of hydrogen-bond donors (Lipinski definition) is 2. The number of amides is 1. The zero-order chi connectivity index (χ0) is 25.1. The first kappa shape index (κ1) is 24.8.